The van der Waals surface area contributed by atoms with Crippen molar-refractivity contribution >= 4 is 12.4 Å². The lowest BCUT2D eigenvalue weighted by Crippen LogP contribution is -2.18. The quantitative estimate of drug-likeness (QED) is 0.629. The summed E-state index contributed by atoms with van der Waals surface area (Å²) in [5.74, 6) is 1.26. The molecule has 0 spiro atoms. The molecule has 0 rings (SSSR count). The maximum absolute atomic E-state index is 4.43. The number of hydrogen-bond acceptors (Lipinski definition) is 2. The van der Waals surface area contributed by atoms with Gasteiger partial charge in [0, 0.05) is 18.5 Å². The second-order valence-electron chi connectivity index (χ2n) is 5.03. The van der Waals surface area contributed by atoms with Crippen LogP contribution in [0.1, 0.15) is 41.5 Å². The molecule has 0 amide bonds. The second-order valence-corrected chi connectivity index (χ2v) is 5.03. The van der Waals surface area contributed by atoms with Crippen LogP contribution in [-0.4, -0.2) is 19.5 Å². The van der Waals surface area contributed by atoms with Gasteiger partial charge in [0.15, 0.2) is 0 Å². The lowest BCUT2D eigenvalue weighted by atomic mass is 9.87. The molecule has 0 aromatic carbocycles. The average molecular weight is 222 g/mol. The van der Waals surface area contributed by atoms with E-state index in [1.54, 1.807) is 0 Å². The van der Waals surface area contributed by atoms with Gasteiger partial charge in [-0.3, -0.25) is 9.98 Å². The summed E-state index contributed by atoms with van der Waals surface area (Å²) < 4.78 is 0. The SMILES string of the molecule is C=N/C(=C(\C(=NC)C(C)C)C(C)C)C(C)C. The molecule has 2 nitrogen and oxygen atoms in total. The van der Waals surface area contributed by atoms with Gasteiger partial charge < -0.3 is 0 Å². The Morgan fingerprint density at radius 1 is 0.875 bits per heavy atom. The van der Waals surface area contributed by atoms with Gasteiger partial charge in [-0.05, 0) is 30.0 Å². The van der Waals surface area contributed by atoms with Gasteiger partial charge in [0.1, 0.15) is 0 Å². The minimum absolute atomic E-state index is 0.394. The zero-order valence-electron chi connectivity index (χ0n) is 11.8. The summed E-state index contributed by atoms with van der Waals surface area (Å²) >= 11 is 0. The van der Waals surface area contributed by atoms with Crippen molar-refractivity contribution in [2.75, 3.05) is 7.05 Å². The zero-order chi connectivity index (χ0) is 12.9. The van der Waals surface area contributed by atoms with E-state index in [0.717, 1.165) is 11.4 Å². The van der Waals surface area contributed by atoms with Crippen molar-refractivity contribution in [3.63, 3.8) is 0 Å². The number of allylic oxidation sites excluding steroid dienone is 2. The summed E-state index contributed by atoms with van der Waals surface area (Å²) in [4.78, 5) is 8.64. The Morgan fingerprint density at radius 3 is 1.56 bits per heavy atom. The fourth-order valence-corrected chi connectivity index (χ4v) is 1.99. The van der Waals surface area contributed by atoms with Crippen molar-refractivity contribution in [3.8, 4) is 0 Å². The first kappa shape index (κ1) is 15.1. The summed E-state index contributed by atoms with van der Waals surface area (Å²) in [7, 11) is 1.86. The monoisotopic (exact) mass is 222 g/mol. The lowest BCUT2D eigenvalue weighted by Gasteiger charge is -2.22. The van der Waals surface area contributed by atoms with E-state index in [-0.39, 0.29) is 0 Å². The molecular weight excluding hydrogens is 196 g/mol. The van der Waals surface area contributed by atoms with E-state index in [1.807, 2.05) is 7.05 Å². The summed E-state index contributed by atoms with van der Waals surface area (Å²) in [6.07, 6.45) is 0. The standard InChI is InChI=1S/C14H26N2/c1-9(2)12(13(15-7)10(3)4)14(16-8)11(5)6/h9-11H,7H2,1-6,8H3/b13-12-,16-14?. The highest BCUT2D eigenvalue weighted by atomic mass is 14.8. The molecule has 0 heterocycles. The minimum atomic E-state index is 0.394. The first-order chi connectivity index (χ1) is 7.36. The van der Waals surface area contributed by atoms with Gasteiger partial charge in [-0.25, -0.2) is 0 Å². The number of hydrogen-bond donors (Lipinski definition) is 0. The number of aliphatic imine (C=N–C) groups is 2. The van der Waals surface area contributed by atoms with E-state index in [4.69, 9.17) is 0 Å². The predicted molar refractivity (Wildman–Crippen MR) is 74.4 cm³/mol. The largest absolute Gasteiger partial charge is 0.292 e. The van der Waals surface area contributed by atoms with Crippen molar-refractivity contribution in [2.45, 2.75) is 41.5 Å². The topological polar surface area (TPSA) is 24.7 Å². The molecule has 16 heavy (non-hydrogen) atoms. The van der Waals surface area contributed by atoms with Crippen LogP contribution in [0, 0.1) is 17.8 Å². The van der Waals surface area contributed by atoms with Crippen LogP contribution < -0.4 is 0 Å². The molecule has 92 valence electrons. The Hall–Kier alpha value is -0.920. The highest BCUT2D eigenvalue weighted by molar-refractivity contribution is 6.02. The predicted octanol–water partition coefficient (Wildman–Crippen LogP) is 3.98. The fraction of sp³-hybridized carbons (Fsp3) is 0.714. The van der Waals surface area contributed by atoms with Crippen LogP contribution in [0.5, 0.6) is 0 Å². The van der Waals surface area contributed by atoms with Crippen molar-refractivity contribution in [3.05, 3.63) is 11.3 Å². The van der Waals surface area contributed by atoms with Gasteiger partial charge in [0.05, 0.1) is 0 Å². The van der Waals surface area contributed by atoms with Crippen molar-refractivity contribution in [1.82, 2.24) is 0 Å². The number of rotatable bonds is 5. The highest BCUT2D eigenvalue weighted by Gasteiger charge is 2.20. The maximum atomic E-state index is 4.43. The van der Waals surface area contributed by atoms with Crippen molar-refractivity contribution in [2.24, 2.45) is 27.7 Å². The normalized spacial score (nSPS) is 14.8. The molecular formula is C14H26N2. The second kappa shape index (κ2) is 6.62. The van der Waals surface area contributed by atoms with Crippen LogP contribution in [-0.2, 0) is 0 Å². The first-order valence-electron chi connectivity index (χ1n) is 6.04. The fourth-order valence-electron chi connectivity index (χ4n) is 1.99. The third-order valence-corrected chi connectivity index (χ3v) is 2.63. The highest BCUT2D eigenvalue weighted by Crippen LogP contribution is 2.26. The Labute approximate surface area is 101 Å². The molecule has 0 aromatic heterocycles. The third-order valence-electron chi connectivity index (χ3n) is 2.63. The zero-order valence-corrected chi connectivity index (χ0v) is 11.8. The van der Waals surface area contributed by atoms with E-state index >= 15 is 0 Å². The van der Waals surface area contributed by atoms with Crippen LogP contribution >= 0.6 is 0 Å². The van der Waals surface area contributed by atoms with E-state index < -0.39 is 0 Å². The molecule has 0 saturated carbocycles. The van der Waals surface area contributed by atoms with Crippen molar-refractivity contribution < 1.29 is 0 Å². The minimum Gasteiger partial charge on any atom is -0.292 e. The Kier molecular flexibility index (Phi) is 6.24. The van der Waals surface area contributed by atoms with E-state index in [2.05, 4.69) is 58.2 Å². The van der Waals surface area contributed by atoms with E-state index in [1.165, 1.54) is 5.57 Å². The molecule has 0 saturated heterocycles. The smallest absolute Gasteiger partial charge is 0.0474 e. The van der Waals surface area contributed by atoms with Gasteiger partial charge in [-0.1, -0.05) is 41.5 Å². The van der Waals surface area contributed by atoms with Gasteiger partial charge in [-0.2, -0.15) is 0 Å². The molecule has 0 fully saturated rings. The lowest BCUT2D eigenvalue weighted by molar-refractivity contribution is 0.696. The third kappa shape index (κ3) is 3.58. The maximum Gasteiger partial charge on any atom is 0.0474 e. The molecule has 0 N–H and O–H groups in total. The summed E-state index contributed by atoms with van der Waals surface area (Å²) in [5, 5.41) is 0. The van der Waals surface area contributed by atoms with E-state index in [0.29, 0.717) is 17.8 Å². The van der Waals surface area contributed by atoms with Crippen molar-refractivity contribution in [1.29, 1.82) is 0 Å². The molecule has 0 aromatic rings. The summed E-state index contributed by atoms with van der Waals surface area (Å²) in [6.45, 7) is 16.7. The van der Waals surface area contributed by atoms with Gasteiger partial charge >= 0.3 is 0 Å². The molecule has 0 aliphatic heterocycles. The first-order valence-corrected chi connectivity index (χ1v) is 6.04. The Balaban J connectivity index is 5.70. The van der Waals surface area contributed by atoms with Crippen LogP contribution in [0.25, 0.3) is 0 Å². The molecule has 2 heteroatoms. The Bertz CT molecular complexity index is 294. The average Bonchev–Trinajstić information content (AvgIpc) is 2.16. The van der Waals surface area contributed by atoms with Crippen LogP contribution in [0.3, 0.4) is 0 Å². The molecule has 0 radical (unpaired) electrons. The Morgan fingerprint density at radius 2 is 1.38 bits per heavy atom. The summed E-state index contributed by atoms with van der Waals surface area (Å²) in [5.41, 5.74) is 3.51. The molecule has 0 bridgehead atoms. The molecule has 0 aliphatic rings. The molecule has 0 aliphatic carbocycles. The number of nitrogens with zero attached hydrogens (tertiary/aromatic N) is 2. The molecule has 0 unspecified atom stereocenters. The van der Waals surface area contributed by atoms with Crippen LogP contribution in [0.4, 0.5) is 0 Å². The van der Waals surface area contributed by atoms with Gasteiger partial charge in [-0.15, -0.1) is 0 Å². The summed E-state index contributed by atoms with van der Waals surface area (Å²) in [6, 6.07) is 0. The van der Waals surface area contributed by atoms with Gasteiger partial charge in [0.2, 0.25) is 0 Å². The van der Waals surface area contributed by atoms with Crippen LogP contribution in [0.15, 0.2) is 21.3 Å². The van der Waals surface area contributed by atoms with Gasteiger partial charge in [0.25, 0.3) is 0 Å². The van der Waals surface area contributed by atoms with E-state index in [9.17, 15) is 0 Å². The van der Waals surface area contributed by atoms with Crippen LogP contribution in [0.2, 0.25) is 0 Å². The molecule has 0 atom stereocenters.